The Morgan fingerprint density at radius 3 is 2.47 bits per heavy atom. The number of hydrogen-bond acceptors (Lipinski definition) is 0. The molecular formula is C17H26. The summed E-state index contributed by atoms with van der Waals surface area (Å²) in [6, 6.07) is 0. The van der Waals surface area contributed by atoms with Crippen molar-refractivity contribution in [1.29, 1.82) is 0 Å². The van der Waals surface area contributed by atoms with Crippen LogP contribution in [0.1, 0.15) is 47.0 Å². The molecule has 2 aliphatic rings. The SMILES string of the molecule is CC(C)=CCC=C(C)C(C)C1CC2C=CC1C2. The molecule has 4 atom stereocenters. The summed E-state index contributed by atoms with van der Waals surface area (Å²) in [7, 11) is 0. The summed E-state index contributed by atoms with van der Waals surface area (Å²) in [6.07, 6.45) is 13.6. The fourth-order valence-electron chi connectivity index (χ4n) is 3.40. The molecule has 1 saturated carbocycles. The van der Waals surface area contributed by atoms with Crippen molar-refractivity contribution >= 4 is 0 Å². The van der Waals surface area contributed by atoms with Crippen LogP contribution in [0.25, 0.3) is 0 Å². The van der Waals surface area contributed by atoms with Crippen molar-refractivity contribution in [3.63, 3.8) is 0 Å². The molecule has 0 aromatic heterocycles. The van der Waals surface area contributed by atoms with Crippen LogP contribution in [-0.4, -0.2) is 0 Å². The molecule has 1 fully saturated rings. The van der Waals surface area contributed by atoms with Gasteiger partial charge in [0.25, 0.3) is 0 Å². The van der Waals surface area contributed by atoms with E-state index in [1.807, 2.05) is 0 Å². The highest BCUT2D eigenvalue weighted by Gasteiger charge is 2.38. The summed E-state index contributed by atoms with van der Waals surface area (Å²) < 4.78 is 0. The Kier molecular flexibility index (Phi) is 3.91. The van der Waals surface area contributed by atoms with E-state index < -0.39 is 0 Å². The van der Waals surface area contributed by atoms with Gasteiger partial charge in [-0.25, -0.2) is 0 Å². The van der Waals surface area contributed by atoms with Crippen molar-refractivity contribution in [1.82, 2.24) is 0 Å². The zero-order valence-corrected chi connectivity index (χ0v) is 11.7. The quantitative estimate of drug-likeness (QED) is 0.587. The molecule has 0 spiro atoms. The second kappa shape index (κ2) is 5.25. The summed E-state index contributed by atoms with van der Waals surface area (Å²) in [6.45, 7) is 9.09. The van der Waals surface area contributed by atoms with Gasteiger partial charge in [-0.1, -0.05) is 42.4 Å². The minimum absolute atomic E-state index is 0.764. The van der Waals surface area contributed by atoms with E-state index >= 15 is 0 Å². The summed E-state index contributed by atoms with van der Waals surface area (Å²) in [5.41, 5.74) is 3.01. The lowest BCUT2D eigenvalue weighted by atomic mass is 9.79. The lowest BCUT2D eigenvalue weighted by molar-refractivity contribution is 0.346. The van der Waals surface area contributed by atoms with Crippen LogP contribution in [0.5, 0.6) is 0 Å². The van der Waals surface area contributed by atoms with E-state index in [1.54, 1.807) is 5.57 Å². The minimum Gasteiger partial charge on any atom is -0.0851 e. The third-order valence-corrected chi connectivity index (χ3v) is 4.66. The Balaban J connectivity index is 1.93. The van der Waals surface area contributed by atoms with Crippen LogP contribution in [0.15, 0.2) is 35.5 Å². The molecule has 94 valence electrons. The molecule has 0 N–H and O–H groups in total. The average molecular weight is 230 g/mol. The lowest BCUT2D eigenvalue weighted by Gasteiger charge is -2.26. The molecule has 2 aliphatic carbocycles. The predicted octanol–water partition coefficient (Wildman–Crippen LogP) is 5.14. The molecule has 0 saturated heterocycles. The average Bonchev–Trinajstić information content (AvgIpc) is 2.88. The van der Waals surface area contributed by atoms with Crippen LogP contribution in [0.2, 0.25) is 0 Å². The van der Waals surface area contributed by atoms with E-state index in [1.165, 1.54) is 18.4 Å². The molecule has 0 nitrogen and oxygen atoms in total. The van der Waals surface area contributed by atoms with Crippen molar-refractivity contribution in [3.05, 3.63) is 35.5 Å². The third kappa shape index (κ3) is 2.91. The van der Waals surface area contributed by atoms with E-state index in [0.717, 1.165) is 30.1 Å². The molecule has 0 aliphatic heterocycles. The molecule has 2 rings (SSSR count). The maximum atomic E-state index is 2.47. The van der Waals surface area contributed by atoms with Crippen LogP contribution in [0.3, 0.4) is 0 Å². The molecular weight excluding hydrogens is 204 g/mol. The zero-order valence-electron chi connectivity index (χ0n) is 11.7. The molecule has 0 radical (unpaired) electrons. The van der Waals surface area contributed by atoms with Gasteiger partial charge in [0.2, 0.25) is 0 Å². The number of fused-ring (bicyclic) bond motifs is 2. The first-order valence-corrected chi connectivity index (χ1v) is 7.06. The van der Waals surface area contributed by atoms with E-state index in [2.05, 4.69) is 52.0 Å². The summed E-state index contributed by atoms with van der Waals surface area (Å²) in [5, 5.41) is 0. The van der Waals surface area contributed by atoms with E-state index in [9.17, 15) is 0 Å². The maximum absolute atomic E-state index is 2.47. The van der Waals surface area contributed by atoms with Gasteiger partial charge in [0.15, 0.2) is 0 Å². The summed E-state index contributed by atoms with van der Waals surface area (Å²) in [5.74, 6) is 3.45. The second-order valence-electron chi connectivity index (χ2n) is 6.20. The van der Waals surface area contributed by atoms with Crippen LogP contribution in [0.4, 0.5) is 0 Å². The monoisotopic (exact) mass is 230 g/mol. The van der Waals surface area contributed by atoms with Gasteiger partial charge in [0, 0.05) is 0 Å². The molecule has 17 heavy (non-hydrogen) atoms. The molecule has 4 unspecified atom stereocenters. The van der Waals surface area contributed by atoms with Crippen molar-refractivity contribution in [2.24, 2.45) is 23.7 Å². The summed E-state index contributed by atoms with van der Waals surface area (Å²) >= 11 is 0. The Morgan fingerprint density at radius 2 is 1.94 bits per heavy atom. The first-order chi connectivity index (χ1) is 8.08. The Morgan fingerprint density at radius 1 is 1.18 bits per heavy atom. The highest BCUT2D eigenvalue weighted by atomic mass is 14.4. The predicted molar refractivity (Wildman–Crippen MR) is 75.8 cm³/mol. The molecule has 0 aromatic carbocycles. The summed E-state index contributed by atoms with van der Waals surface area (Å²) in [4.78, 5) is 0. The van der Waals surface area contributed by atoms with Gasteiger partial charge in [0.05, 0.1) is 0 Å². The van der Waals surface area contributed by atoms with Crippen molar-refractivity contribution in [2.75, 3.05) is 0 Å². The molecule has 0 amide bonds. The van der Waals surface area contributed by atoms with Crippen LogP contribution in [-0.2, 0) is 0 Å². The van der Waals surface area contributed by atoms with Crippen molar-refractivity contribution in [3.8, 4) is 0 Å². The molecule has 0 heterocycles. The minimum atomic E-state index is 0.764. The first-order valence-electron chi connectivity index (χ1n) is 7.06. The van der Waals surface area contributed by atoms with Gasteiger partial charge in [-0.05, 0) is 63.7 Å². The van der Waals surface area contributed by atoms with Gasteiger partial charge in [-0.3, -0.25) is 0 Å². The van der Waals surface area contributed by atoms with E-state index in [-0.39, 0.29) is 0 Å². The van der Waals surface area contributed by atoms with E-state index in [0.29, 0.717) is 0 Å². The van der Waals surface area contributed by atoms with Gasteiger partial charge >= 0.3 is 0 Å². The largest absolute Gasteiger partial charge is 0.0851 e. The van der Waals surface area contributed by atoms with E-state index in [4.69, 9.17) is 0 Å². The first kappa shape index (κ1) is 12.7. The van der Waals surface area contributed by atoms with Crippen molar-refractivity contribution < 1.29 is 0 Å². The van der Waals surface area contributed by atoms with Gasteiger partial charge in [-0.2, -0.15) is 0 Å². The highest BCUT2D eigenvalue weighted by molar-refractivity contribution is 5.16. The smallest absolute Gasteiger partial charge is 0.0164 e. The molecule has 0 heteroatoms. The standard InChI is InChI=1S/C17H26/c1-12(2)6-5-7-13(3)14(4)17-11-15-8-9-16(17)10-15/h6-9,14-17H,5,10-11H2,1-4H3. The maximum Gasteiger partial charge on any atom is -0.0164 e. The fraction of sp³-hybridized carbons (Fsp3) is 0.647. The topological polar surface area (TPSA) is 0 Å². The van der Waals surface area contributed by atoms with Crippen LogP contribution >= 0.6 is 0 Å². The molecule has 2 bridgehead atoms. The van der Waals surface area contributed by atoms with Crippen molar-refractivity contribution in [2.45, 2.75) is 47.0 Å². The highest BCUT2D eigenvalue weighted by Crippen LogP contribution is 2.48. The normalized spacial score (nSPS) is 32.9. The number of rotatable bonds is 4. The Labute approximate surface area is 106 Å². The van der Waals surface area contributed by atoms with Gasteiger partial charge in [0.1, 0.15) is 0 Å². The Hall–Kier alpha value is -0.780. The molecule has 0 aromatic rings. The zero-order chi connectivity index (χ0) is 12.4. The van der Waals surface area contributed by atoms with Gasteiger partial charge < -0.3 is 0 Å². The van der Waals surface area contributed by atoms with Crippen LogP contribution < -0.4 is 0 Å². The van der Waals surface area contributed by atoms with Gasteiger partial charge in [-0.15, -0.1) is 0 Å². The third-order valence-electron chi connectivity index (χ3n) is 4.66. The number of allylic oxidation sites excluding steroid dienone is 6. The van der Waals surface area contributed by atoms with Crippen LogP contribution in [0, 0.1) is 23.7 Å². The Bertz CT molecular complexity index is 352. The lowest BCUT2D eigenvalue weighted by Crippen LogP contribution is -2.17. The fourth-order valence-corrected chi connectivity index (χ4v) is 3.40. The number of hydrogen-bond donors (Lipinski definition) is 0. The second-order valence-corrected chi connectivity index (χ2v) is 6.20.